The van der Waals surface area contributed by atoms with Gasteiger partial charge < -0.3 is 15.0 Å². The van der Waals surface area contributed by atoms with E-state index in [1.165, 1.54) is 0 Å². The highest BCUT2D eigenvalue weighted by atomic mass is 16.5. The highest BCUT2D eigenvalue weighted by Crippen LogP contribution is 2.25. The predicted molar refractivity (Wildman–Crippen MR) is 80.0 cm³/mol. The number of H-pyrrole nitrogens is 1. The van der Waals surface area contributed by atoms with Crippen molar-refractivity contribution in [2.24, 2.45) is 0 Å². The molecule has 1 saturated heterocycles. The van der Waals surface area contributed by atoms with E-state index in [0.717, 1.165) is 55.4 Å². The van der Waals surface area contributed by atoms with Crippen LogP contribution in [0.3, 0.4) is 0 Å². The highest BCUT2D eigenvalue weighted by Gasteiger charge is 2.19. The summed E-state index contributed by atoms with van der Waals surface area (Å²) in [6.45, 7) is 4.99. The van der Waals surface area contributed by atoms with E-state index >= 15 is 0 Å². The van der Waals surface area contributed by atoms with E-state index in [1.54, 1.807) is 0 Å². The van der Waals surface area contributed by atoms with Gasteiger partial charge >= 0.3 is 0 Å². The minimum atomic E-state index is 0.524. The zero-order chi connectivity index (χ0) is 13.8. The summed E-state index contributed by atoms with van der Waals surface area (Å²) in [4.78, 5) is 7.96. The molecule has 1 aliphatic heterocycles. The molecule has 0 bridgehead atoms. The molecule has 106 valence electrons. The number of nitrogens with one attached hydrogen (secondary N) is 2. The Morgan fingerprint density at radius 1 is 1.30 bits per heavy atom. The van der Waals surface area contributed by atoms with E-state index in [9.17, 15) is 0 Å². The van der Waals surface area contributed by atoms with Crippen molar-refractivity contribution in [1.29, 1.82) is 0 Å². The fourth-order valence-electron chi connectivity index (χ4n) is 2.53. The van der Waals surface area contributed by atoms with Gasteiger partial charge in [0, 0.05) is 12.5 Å². The summed E-state index contributed by atoms with van der Waals surface area (Å²) in [5.41, 5.74) is 2.23. The van der Waals surface area contributed by atoms with Crippen LogP contribution < -0.4 is 10.1 Å². The number of hydrogen-bond acceptors (Lipinski definition) is 3. The Kier molecular flexibility index (Phi) is 4.02. The number of hydrogen-bond donors (Lipinski definition) is 2. The summed E-state index contributed by atoms with van der Waals surface area (Å²) >= 11 is 0. The molecular weight excluding hydrogens is 250 g/mol. The number of aromatic amines is 1. The van der Waals surface area contributed by atoms with Gasteiger partial charge in [-0.15, -0.1) is 0 Å². The maximum absolute atomic E-state index is 5.60. The molecule has 1 unspecified atom stereocenters. The molecule has 0 spiro atoms. The predicted octanol–water partition coefficient (Wildman–Crippen LogP) is 2.94. The van der Waals surface area contributed by atoms with Gasteiger partial charge in [0.2, 0.25) is 0 Å². The van der Waals surface area contributed by atoms with Gasteiger partial charge in [-0.3, -0.25) is 0 Å². The Bertz CT molecular complexity index is 541. The summed E-state index contributed by atoms with van der Waals surface area (Å²) in [5.74, 6) is 2.54. The lowest BCUT2D eigenvalue weighted by atomic mass is 10.1. The van der Waals surface area contributed by atoms with E-state index in [-0.39, 0.29) is 0 Å². The van der Waals surface area contributed by atoms with Gasteiger partial charge in [0.1, 0.15) is 11.6 Å². The molecule has 0 amide bonds. The molecule has 1 aliphatic rings. The van der Waals surface area contributed by atoms with Gasteiger partial charge in [-0.25, -0.2) is 4.98 Å². The Morgan fingerprint density at radius 2 is 2.15 bits per heavy atom. The maximum atomic E-state index is 5.60. The minimum Gasteiger partial charge on any atom is -0.494 e. The SMILES string of the molecule is CCCOc1ccc(-c2cnc(C3CCNC3)[nH]2)cc1. The second-order valence-electron chi connectivity index (χ2n) is 5.24. The quantitative estimate of drug-likeness (QED) is 0.879. The standard InChI is InChI=1S/C16H21N3O/c1-2-9-20-14-5-3-12(4-6-14)15-11-18-16(19-15)13-7-8-17-10-13/h3-6,11,13,17H,2,7-10H2,1H3,(H,18,19). The normalized spacial score (nSPS) is 18.4. The Labute approximate surface area is 119 Å². The van der Waals surface area contributed by atoms with Crippen molar-refractivity contribution in [2.45, 2.75) is 25.7 Å². The third-order valence-electron chi connectivity index (χ3n) is 3.68. The molecule has 1 fully saturated rings. The van der Waals surface area contributed by atoms with Crippen LogP contribution in [-0.2, 0) is 0 Å². The largest absolute Gasteiger partial charge is 0.494 e. The number of nitrogens with zero attached hydrogens (tertiary/aromatic N) is 1. The Balaban J connectivity index is 1.72. The third kappa shape index (κ3) is 2.85. The van der Waals surface area contributed by atoms with Crippen LogP contribution in [0.1, 0.15) is 31.5 Å². The summed E-state index contributed by atoms with van der Waals surface area (Å²) in [7, 11) is 0. The van der Waals surface area contributed by atoms with Crippen LogP contribution in [0.2, 0.25) is 0 Å². The van der Waals surface area contributed by atoms with E-state index in [0.29, 0.717) is 5.92 Å². The molecule has 0 saturated carbocycles. The first-order chi connectivity index (χ1) is 9.86. The van der Waals surface area contributed by atoms with Gasteiger partial charge in [0.25, 0.3) is 0 Å². The molecular formula is C16H21N3O. The molecule has 1 aromatic carbocycles. The lowest BCUT2D eigenvalue weighted by Gasteiger charge is -2.05. The van der Waals surface area contributed by atoms with Crippen molar-refractivity contribution < 1.29 is 4.74 Å². The summed E-state index contributed by atoms with van der Waals surface area (Å²) < 4.78 is 5.60. The first kappa shape index (κ1) is 13.2. The minimum absolute atomic E-state index is 0.524. The molecule has 0 radical (unpaired) electrons. The van der Waals surface area contributed by atoms with Crippen LogP contribution in [0.25, 0.3) is 11.3 Å². The first-order valence-corrected chi connectivity index (χ1v) is 7.35. The molecule has 4 nitrogen and oxygen atoms in total. The average Bonchev–Trinajstić information content (AvgIpc) is 3.16. The number of aromatic nitrogens is 2. The maximum Gasteiger partial charge on any atom is 0.119 e. The van der Waals surface area contributed by atoms with E-state index < -0.39 is 0 Å². The van der Waals surface area contributed by atoms with Crippen molar-refractivity contribution in [3.05, 3.63) is 36.3 Å². The zero-order valence-corrected chi connectivity index (χ0v) is 11.9. The molecule has 3 rings (SSSR count). The van der Waals surface area contributed by atoms with Crippen LogP contribution in [0.5, 0.6) is 5.75 Å². The van der Waals surface area contributed by atoms with Crippen LogP contribution in [0.4, 0.5) is 0 Å². The lowest BCUT2D eigenvalue weighted by molar-refractivity contribution is 0.317. The van der Waals surface area contributed by atoms with Crippen molar-refractivity contribution >= 4 is 0 Å². The molecule has 0 aliphatic carbocycles. The van der Waals surface area contributed by atoms with E-state index in [2.05, 4.69) is 34.3 Å². The molecule has 2 aromatic rings. The first-order valence-electron chi connectivity index (χ1n) is 7.35. The summed E-state index contributed by atoms with van der Waals surface area (Å²) in [5, 5.41) is 3.37. The van der Waals surface area contributed by atoms with Crippen molar-refractivity contribution in [3.63, 3.8) is 0 Å². The molecule has 1 atom stereocenters. The zero-order valence-electron chi connectivity index (χ0n) is 11.9. The number of imidazole rings is 1. The molecule has 2 heterocycles. The lowest BCUT2D eigenvalue weighted by Crippen LogP contribution is -2.08. The average molecular weight is 271 g/mol. The molecule has 2 N–H and O–H groups in total. The van der Waals surface area contributed by atoms with Crippen molar-refractivity contribution in [3.8, 4) is 17.0 Å². The van der Waals surface area contributed by atoms with Gasteiger partial charge in [-0.1, -0.05) is 6.92 Å². The molecule has 4 heteroatoms. The fraction of sp³-hybridized carbons (Fsp3) is 0.438. The second-order valence-corrected chi connectivity index (χ2v) is 5.24. The van der Waals surface area contributed by atoms with E-state index in [1.807, 2.05) is 18.3 Å². The number of benzene rings is 1. The summed E-state index contributed by atoms with van der Waals surface area (Å²) in [6, 6.07) is 8.19. The van der Waals surface area contributed by atoms with Gasteiger partial charge in [0.05, 0.1) is 18.5 Å². The smallest absolute Gasteiger partial charge is 0.119 e. The number of rotatable bonds is 5. The third-order valence-corrected chi connectivity index (χ3v) is 3.68. The number of ether oxygens (including phenoxy) is 1. The van der Waals surface area contributed by atoms with Gasteiger partial charge in [-0.05, 0) is 49.2 Å². The van der Waals surface area contributed by atoms with Crippen LogP contribution in [0, 0.1) is 0 Å². The monoisotopic (exact) mass is 271 g/mol. The molecule has 1 aromatic heterocycles. The van der Waals surface area contributed by atoms with Crippen LogP contribution in [0.15, 0.2) is 30.5 Å². The topological polar surface area (TPSA) is 49.9 Å². The second kappa shape index (κ2) is 6.09. The van der Waals surface area contributed by atoms with E-state index in [4.69, 9.17) is 4.74 Å². The van der Waals surface area contributed by atoms with Crippen molar-refractivity contribution in [1.82, 2.24) is 15.3 Å². The van der Waals surface area contributed by atoms with Crippen LogP contribution >= 0.6 is 0 Å². The Morgan fingerprint density at radius 3 is 2.85 bits per heavy atom. The van der Waals surface area contributed by atoms with Crippen LogP contribution in [-0.4, -0.2) is 29.7 Å². The Hall–Kier alpha value is -1.81. The van der Waals surface area contributed by atoms with Gasteiger partial charge in [0.15, 0.2) is 0 Å². The highest BCUT2D eigenvalue weighted by molar-refractivity contribution is 5.59. The molecule has 20 heavy (non-hydrogen) atoms. The summed E-state index contributed by atoms with van der Waals surface area (Å²) in [6.07, 6.45) is 4.12. The fourth-order valence-corrected chi connectivity index (χ4v) is 2.53. The van der Waals surface area contributed by atoms with Crippen molar-refractivity contribution in [2.75, 3.05) is 19.7 Å². The van der Waals surface area contributed by atoms with Gasteiger partial charge in [-0.2, -0.15) is 0 Å².